The lowest BCUT2D eigenvalue weighted by molar-refractivity contribution is -0.0335. The lowest BCUT2D eigenvalue weighted by Crippen LogP contribution is -2.58. The fourth-order valence-electron chi connectivity index (χ4n) is 4.87. The van der Waals surface area contributed by atoms with Gasteiger partial charge in [-0.2, -0.15) is 0 Å². The summed E-state index contributed by atoms with van der Waals surface area (Å²) in [4.78, 5) is 12.6. The lowest BCUT2D eigenvalue weighted by atomic mass is 9.55. The second kappa shape index (κ2) is 5.66. The first kappa shape index (κ1) is 17.2. The molecule has 2 atom stereocenters. The van der Waals surface area contributed by atoms with Crippen LogP contribution in [0.25, 0.3) is 10.8 Å². The number of hydrogen-bond donors (Lipinski definition) is 0. The molecule has 1 saturated heterocycles. The predicted octanol–water partition coefficient (Wildman–Crippen LogP) is 5.79. The Bertz CT molecular complexity index is 1230. The molecule has 4 aromatic rings. The molecule has 2 aliphatic rings. The molecule has 6 rings (SSSR count). The molecule has 0 saturated carbocycles. The number of carbonyl (C=O) groups excluding carboxylic acids is 1. The van der Waals surface area contributed by atoms with Gasteiger partial charge in [-0.15, -0.1) is 0 Å². The van der Waals surface area contributed by atoms with Gasteiger partial charge in [0.25, 0.3) is 0 Å². The Morgan fingerprint density at radius 1 is 0.600 bits per heavy atom. The smallest absolute Gasteiger partial charge is 0.413 e. The van der Waals surface area contributed by atoms with E-state index in [4.69, 9.17) is 9.47 Å². The predicted molar refractivity (Wildman–Crippen MR) is 106 cm³/mol. The largest absolute Gasteiger partial charge is 0.511 e. The molecule has 146 valence electrons. The Morgan fingerprint density at radius 3 is 1.40 bits per heavy atom. The van der Waals surface area contributed by atoms with Crippen LogP contribution >= 0.6 is 0 Å². The molecule has 5 heteroatoms. The first-order valence-corrected chi connectivity index (χ1v) is 9.52. The minimum absolute atomic E-state index is 0.397. The molecule has 3 nitrogen and oxygen atoms in total. The van der Waals surface area contributed by atoms with Crippen LogP contribution in [0.2, 0.25) is 0 Å². The number of benzene rings is 4. The summed E-state index contributed by atoms with van der Waals surface area (Å²) in [5, 5.41) is 1.96. The van der Waals surface area contributed by atoms with Crippen LogP contribution < -0.4 is 0 Å². The van der Waals surface area contributed by atoms with Gasteiger partial charge in [-0.3, -0.25) is 0 Å². The summed E-state index contributed by atoms with van der Waals surface area (Å²) in [6.07, 6.45) is -0.830. The van der Waals surface area contributed by atoms with E-state index >= 15 is 0 Å². The minimum Gasteiger partial charge on any atom is -0.413 e. The third kappa shape index (κ3) is 1.94. The summed E-state index contributed by atoms with van der Waals surface area (Å²) in [5.41, 5.74) is 0.110. The van der Waals surface area contributed by atoms with E-state index in [-0.39, 0.29) is 0 Å². The fourth-order valence-corrected chi connectivity index (χ4v) is 4.87. The molecule has 0 N–H and O–H groups in total. The second-order valence-electron chi connectivity index (χ2n) is 7.58. The van der Waals surface area contributed by atoms with Crippen LogP contribution in [0, 0.1) is 11.6 Å². The number of ether oxygens (including phenoxy) is 2. The Balaban J connectivity index is 1.72. The minimum atomic E-state index is -1.30. The second-order valence-corrected chi connectivity index (χ2v) is 7.58. The normalized spacial score (nSPS) is 23.9. The zero-order valence-electron chi connectivity index (χ0n) is 15.6. The van der Waals surface area contributed by atoms with Gasteiger partial charge >= 0.3 is 6.16 Å². The molecule has 1 fully saturated rings. The Morgan fingerprint density at radius 2 is 1.00 bits per heavy atom. The Labute approximate surface area is 170 Å². The number of rotatable bonds is 2. The summed E-state index contributed by atoms with van der Waals surface area (Å²) in [6, 6.07) is 23.4. The summed E-state index contributed by atoms with van der Waals surface area (Å²) < 4.78 is 39.1. The molecule has 1 aliphatic carbocycles. The van der Waals surface area contributed by atoms with Crippen molar-refractivity contribution in [3.63, 3.8) is 0 Å². The SMILES string of the molecule is O=C1O[C@]2(c3ccc(F)cc3)c3cc4ccccc4cc3[C@]2(c2ccc(F)cc2)O1. The van der Waals surface area contributed by atoms with E-state index in [9.17, 15) is 13.6 Å². The number of fused-ring (bicyclic) bond motifs is 5. The molecule has 0 unspecified atom stereocenters. The highest BCUT2D eigenvalue weighted by Gasteiger charge is 2.75. The number of hydrogen-bond acceptors (Lipinski definition) is 3. The van der Waals surface area contributed by atoms with Crippen molar-refractivity contribution in [3.05, 3.63) is 119 Å². The average Bonchev–Trinajstić information content (AvgIpc) is 3.03. The van der Waals surface area contributed by atoms with Gasteiger partial charge < -0.3 is 9.47 Å². The maximum atomic E-state index is 13.7. The quantitative estimate of drug-likeness (QED) is 0.400. The maximum Gasteiger partial charge on any atom is 0.511 e. The highest BCUT2D eigenvalue weighted by atomic mass is 19.1. The van der Waals surface area contributed by atoms with Crippen molar-refractivity contribution in [2.75, 3.05) is 0 Å². The zero-order chi connectivity index (χ0) is 20.5. The van der Waals surface area contributed by atoms with E-state index in [2.05, 4.69) is 0 Å². The average molecular weight is 400 g/mol. The van der Waals surface area contributed by atoms with Gasteiger partial charge in [-0.25, -0.2) is 13.6 Å². The first-order valence-electron chi connectivity index (χ1n) is 9.52. The third-order valence-corrected chi connectivity index (χ3v) is 6.11. The van der Waals surface area contributed by atoms with Crippen molar-refractivity contribution in [2.24, 2.45) is 0 Å². The zero-order valence-corrected chi connectivity index (χ0v) is 15.6. The summed E-state index contributed by atoms with van der Waals surface area (Å²) >= 11 is 0. The van der Waals surface area contributed by atoms with Crippen LogP contribution in [0.4, 0.5) is 13.6 Å². The highest BCUT2D eigenvalue weighted by molar-refractivity contribution is 5.89. The van der Waals surface area contributed by atoms with Crippen LogP contribution in [0.1, 0.15) is 22.3 Å². The van der Waals surface area contributed by atoms with Crippen LogP contribution in [-0.2, 0) is 20.7 Å². The Kier molecular flexibility index (Phi) is 3.24. The summed E-state index contributed by atoms with van der Waals surface area (Å²) in [6.45, 7) is 0. The highest BCUT2D eigenvalue weighted by Crippen LogP contribution is 2.67. The molecule has 0 amide bonds. The molecule has 0 aromatic heterocycles. The molecule has 4 aromatic carbocycles. The van der Waals surface area contributed by atoms with E-state index in [1.54, 1.807) is 24.3 Å². The van der Waals surface area contributed by atoms with E-state index < -0.39 is 29.0 Å². The van der Waals surface area contributed by atoms with Crippen LogP contribution in [0.15, 0.2) is 84.9 Å². The van der Waals surface area contributed by atoms with E-state index in [0.29, 0.717) is 11.1 Å². The number of carbonyl (C=O) groups is 1. The lowest BCUT2D eigenvalue weighted by Gasteiger charge is -2.51. The van der Waals surface area contributed by atoms with Crippen molar-refractivity contribution in [2.45, 2.75) is 11.2 Å². The topological polar surface area (TPSA) is 35.5 Å². The molecule has 0 radical (unpaired) electrons. The summed E-state index contributed by atoms with van der Waals surface area (Å²) in [5.74, 6) is -0.795. The van der Waals surface area contributed by atoms with Crippen LogP contribution in [-0.4, -0.2) is 6.16 Å². The van der Waals surface area contributed by atoms with E-state index in [0.717, 1.165) is 21.9 Å². The van der Waals surface area contributed by atoms with Gasteiger partial charge in [0.2, 0.25) is 11.2 Å². The van der Waals surface area contributed by atoms with Crippen LogP contribution in [0.3, 0.4) is 0 Å². The van der Waals surface area contributed by atoms with Crippen molar-refractivity contribution in [1.82, 2.24) is 0 Å². The van der Waals surface area contributed by atoms with Gasteiger partial charge in [0.05, 0.1) is 0 Å². The van der Waals surface area contributed by atoms with Gasteiger partial charge in [-0.05, 0) is 47.2 Å². The van der Waals surface area contributed by atoms with E-state index in [1.807, 2.05) is 36.4 Å². The molecule has 0 bridgehead atoms. The van der Waals surface area contributed by atoms with Crippen molar-refractivity contribution in [3.8, 4) is 0 Å². The molecular formula is C25H14F2O3. The van der Waals surface area contributed by atoms with Crippen molar-refractivity contribution < 1.29 is 23.0 Å². The molecule has 30 heavy (non-hydrogen) atoms. The van der Waals surface area contributed by atoms with Crippen molar-refractivity contribution in [1.29, 1.82) is 0 Å². The first-order chi connectivity index (χ1) is 14.5. The van der Waals surface area contributed by atoms with Gasteiger partial charge in [0, 0.05) is 22.3 Å². The fraction of sp³-hybridized carbons (Fsp3) is 0.0800. The van der Waals surface area contributed by atoms with Gasteiger partial charge in [-0.1, -0.05) is 48.5 Å². The monoisotopic (exact) mass is 400 g/mol. The number of halogens is 2. The maximum absolute atomic E-state index is 13.7. The molecule has 1 heterocycles. The molecule has 1 aliphatic heterocycles. The standard InChI is InChI=1S/C25H14F2O3/c26-19-9-5-17(6-10-19)24-21-13-15-3-1-2-4-16(15)14-22(21)25(24,30-23(28)29-24)18-7-11-20(27)12-8-18/h1-14H/t24-,25+. The van der Waals surface area contributed by atoms with Crippen LogP contribution in [0.5, 0.6) is 0 Å². The summed E-state index contributed by atoms with van der Waals surface area (Å²) in [7, 11) is 0. The van der Waals surface area contributed by atoms with Gasteiger partial charge in [0.15, 0.2) is 0 Å². The van der Waals surface area contributed by atoms with Crippen molar-refractivity contribution >= 4 is 16.9 Å². The molecule has 0 spiro atoms. The third-order valence-electron chi connectivity index (χ3n) is 6.11. The Hall–Kier alpha value is -3.73. The van der Waals surface area contributed by atoms with E-state index in [1.165, 1.54) is 24.3 Å². The molecular weight excluding hydrogens is 386 g/mol. The van der Waals surface area contributed by atoms with Gasteiger partial charge in [0.1, 0.15) is 11.6 Å².